The van der Waals surface area contributed by atoms with Gasteiger partial charge in [-0.15, -0.1) is 0 Å². The van der Waals surface area contributed by atoms with E-state index in [1.54, 1.807) is 11.9 Å². The molecule has 0 aromatic heterocycles. The van der Waals surface area contributed by atoms with E-state index in [9.17, 15) is 18.9 Å². The van der Waals surface area contributed by atoms with Gasteiger partial charge in [0.05, 0.1) is 4.92 Å². The van der Waals surface area contributed by atoms with Gasteiger partial charge < -0.3 is 10.2 Å². The minimum atomic E-state index is -1.14. The first-order chi connectivity index (χ1) is 9.50. The average Bonchev–Trinajstić information content (AvgIpc) is 2.65. The quantitative estimate of drug-likeness (QED) is 0.684. The number of nitrogens with one attached hydrogen (secondary N) is 1. The Bertz CT molecular complexity index is 503. The van der Waals surface area contributed by atoms with Crippen LogP contribution in [0.2, 0.25) is 0 Å². The molecule has 1 heterocycles. The molecular weight excluding hydrogens is 268 g/mol. The first-order valence-corrected chi connectivity index (χ1v) is 6.57. The SMILES string of the molecule is CN(c1cc(F)cc(F)c1[N+](=O)[O-])C1CCCNCC1. The van der Waals surface area contributed by atoms with Gasteiger partial charge >= 0.3 is 5.69 Å². The van der Waals surface area contributed by atoms with Crippen molar-refractivity contribution in [2.45, 2.75) is 25.3 Å². The summed E-state index contributed by atoms with van der Waals surface area (Å²) in [5, 5.41) is 14.2. The van der Waals surface area contributed by atoms with Crippen molar-refractivity contribution in [1.29, 1.82) is 0 Å². The second-order valence-electron chi connectivity index (χ2n) is 4.96. The highest BCUT2D eigenvalue weighted by molar-refractivity contribution is 5.64. The number of nitro benzene ring substituents is 1. The Morgan fingerprint density at radius 2 is 2.10 bits per heavy atom. The molecule has 0 saturated carbocycles. The van der Waals surface area contributed by atoms with Crippen molar-refractivity contribution in [3.8, 4) is 0 Å². The summed E-state index contributed by atoms with van der Waals surface area (Å²) >= 11 is 0. The summed E-state index contributed by atoms with van der Waals surface area (Å²) in [6.07, 6.45) is 2.55. The standard InChI is InChI=1S/C13H17F2N3O2/c1-17(10-3-2-5-16-6-4-10)12-8-9(14)7-11(15)13(12)18(19)20/h7-8,10,16H,2-6H2,1H3. The number of halogens is 2. The maximum Gasteiger partial charge on any atom is 0.328 e. The highest BCUT2D eigenvalue weighted by atomic mass is 19.1. The zero-order valence-corrected chi connectivity index (χ0v) is 11.2. The predicted molar refractivity (Wildman–Crippen MR) is 71.9 cm³/mol. The molecule has 0 radical (unpaired) electrons. The van der Waals surface area contributed by atoms with Crippen LogP contribution in [0.15, 0.2) is 12.1 Å². The zero-order chi connectivity index (χ0) is 14.7. The minimum absolute atomic E-state index is 0.000556. The van der Waals surface area contributed by atoms with Crippen molar-refractivity contribution in [3.05, 3.63) is 33.9 Å². The molecule has 1 fully saturated rings. The summed E-state index contributed by atoms with van der Waals surface area (Å²) in [5.74, 6) is -1.94. The summed E-state index contributed by atoms with van der Waals surface area (Å²) in [6.45, 7) is 1.69. The molecule has 2 rings (SSSR count). The Balaban J connectivity index is 2.37. The lowest BCUT2D eigenvalue weighted by Gasteiger charge is -2.28. The van der Waals surface area contributed by atoms with Crippen LogP contribution in [0.25, 0.3) is 0 Å². The van der Waals surface area contributed by atoms with Gasteiger partial charge in [0.2, 0.25) is 5.82 Å². The molecule has 1 saturated heterocycles. The van der Waals surface area contributed by atoms with Gasteiger partial charge in [-0.1, -0.05) is 0 Å². The van der Waals surface area contributed by atoms with E-state index >= 15 is 0 Å². The number of hydrogen-bond acceptors (Lipinski definition) is 4. The third kappa shape index (κ3) is 3.04. The minimum Gasteiger partial charge on any atom is -0.366 e. The monoisotopic (exact) mass is 285 g/mol. The van der Waals surface area contributed by atoms with Crippen LogP contribution in [0.1, 0.15) is 19.3 Å². The van der Waals surface area contributed by atoms with E-state index in [2.05, 4.69) is 5.32 Å². The van der Waals surface area contributed by atoms with Crippen LogP contribution in [0.3, 0.4) is 0 Å². The Kier molecular flexibility index (Phi) is 4.49. The number of rotatable bonds is 3. The van der Waals surface area contributed by atoms with Gasteiger partial charge in [-0.2, -0.15) is 4.39 Å². The molecule has 1 aliphatic rings. The van der Waals surface area contributed by atoms with E-state index in [1.807, 2.05) is 0 Å². The summed E-state index contributed by atoms with van der Waals surface area (Å²) in [7, 11) is 1.65. The Morgan fingerprint density at radius 1 is 1.35 bits per heavy atom. The van der Waals surface area contributed by atoms with Gasteiger partial charge in [-0.25, -0.2) is 4.39 Å². The number of nitro groups is 1. The Labute approximate surface area is 115 Å². The van der Waals surface area contributed by atoms with Crippen LogP contribution in [0, 0.1) is 21.7 Å². The predicted octanol–water partition coefficient (Wildman–Crippen LogP) is 2.45. The van der Waals surface area contributed by atoms with E-state index in [1.165, 1.54) is 0 Å². The van der Waals surface area contributed by atoms with Crippen LogP contribution in [0.4, 0.5) is 20.2 Å². The van der Waals surface area contributed by atoms with E-state index < -0.39 is 22.2 Å². The summed E-state index contributed by atoms with van der Waals surface area (Å²) in [4.78, 5) is 11.8. The molecule has 0 bridgehead atoms. The van der Waals surface area contributed by atoms with E-state index in [4.69, 9.17) is 0 Å². The van der Waals surface area contributed by atoms with Crippen LogP contribution >= 0.6 is 0 Å². The normalized spacial score (nSPS) is 19.4. The topological polar surface area (TPSA) is 58.4 Å². The molecule has 1 aromatic rings. The fourth-order valence-electron chi connectivity index (χ4n) is 2.59. The fraction of sp³-hybridized carbons (Fsp3) is 0.538. The second-order valence-corrected chi connectivity index (χ2v) is 4.96. The smallest absolute Gasteiger partial charge is 0.328 e. The lowest BCUT2D eigenvalue weighted by Crippen LogP contribution is -2.33. The molecule has 7 heteroatoms. The average molecular weight is 285 g/mol. The third-order valence-corrected chi connectivity index (χ3v) is 3.66. The highest BCUT2D eigenvalue weighted by Gasteiger charge is 2.28. The van der Waals surface area contributed by atoms with Gasteiger partial charge in [0.1, 0.15) is 11.5 Å². The molecule has 1 unspecified atom stereocenters. The largest absolute Gasteiger partial charge is 0.366 e. The van der Waals surface area contributed by atoms with E-state index in [0.717, 1.165) is 38.4 Å². The fourth-order valence-corrected chi connectivity index (χ4v) is 2.59. The molecule has 5 nitrogen and oxygen atoms in total. The van der Waals surface area contributed by atoms with Crippen LogP contribution in [-0.4, -0.2) is 31.1 Å². The van der Waals surface area contributed by atoms with Crippen molar-refractivity contribution < 1.29 is 13.7 Å². The lowest BCUT2D eigenvalue weighted by molar-refractivity contribution is -0.386. The van der Waals surface area contributed by atoms with Gasteiger partial charge in [-0.05, 0) is 32.4 Å². The third-order valence-electron chi connectivity index (χ3n) is 3.66. The van der Waals surface area contributed by atoms with Crippen molar-refractivity contribution in [3.63, 3.8) is 0 Å². The molecule has 0 amide bonds. The molecule has 1 aromatic carbocycles. The van der Waals surface area contributed by atoms with Crippen molar-refractivity contribution in [1.82, 2.24) is 5.32 Å². The van der Waals surface area contributed by atoms with Crippen LogP contribution < -0.4 is 10.2 Å². The van der Waals surface area contributed by atoms with Crippen molar-refractivity contribution in [2.75, 3.05) is 25.0 Å². The van der Waals surface area contributed by atoms with Gasteiger partial charge in [0, 0.05) is 25.2 Å². The van der Waals surface area contributed by atoms with Gasteiger partial charge in [0.25, 0.3) is 0 Å². The van der Waals surface area contributed by atoms with Crippen molar-refractivity contribution in [2.24, 2.45) is 0 Å². The molecule has 110 valence electrons. The first kappa shape index (κ1) is 14.6. The lowest BCUT2D eigenvalue weighted by atomic mass is 10.1. The number of benzene rings is 1. The maximum atomic E-state index is 13.6. The van der Waals surface area contributed by atoms with Gasteiger partial charge in [0.15, 0.2) is 0 Å². The molecule has 0 spiro atoms. The molecule has 1 atom stereocenters. The van der Waals surface area contributed by atoms with Crippen molar-refractivity contribution >= 4 is 11.4 Å². The number of nitrogens with zero attached hydrogens (tertiary/aromatic N) is 2. The number of anilines is 1. The van der Waals surface area contributed by atoms with E-state index in [0.29, 0.717) is 6.07 Å². The summed E-state index contributed by atoms with van der Waals surface area (Å²) in [6, 6.07) is 1.61. The van der Waals surface area contributed by atoms with Gasteiger partial charge in [-0.3, -0.25) is 10.1 Å². The maximum absolute atomic E-state index is 13.6. The summed E-state index contributed by atoms with van der Waals surface area (Å²) < 4.78 is 27.0. The Morgan fingerprint density at radius 3 is 2.80 bits per heavy atom. The highest BCUT2D eigenvalue weighted by Crippen LogP contribution is 2.33. The molecule has 0 aliphatic carbocycles. The second kappa shape index (κ2) is 6.13. The molecule has 1 N–H and O–H groups in total. The molecular formula is C13H17F2N3O2. The summed E-state index contributed by atoms with van der Waals surface area (Å²) in [5.41, 5.74) is -0.662. The van der Waals surface area contributed by atoms with E-state index in [-0.39, 0.29) is 11.7 Å². The molecule has 20 heavy (non-hydrogen) atoms. The number of hydrogen-bond donors (Lipinski definition) is 1. The van der Waals surface area contributed by atoms with Crippen LogP contribution in [0.5, 0.6) is 0 Å². The first-order valence-electron chi connectivity index (χ1n) is 6.57. The van der Waals surface area contributed by atoms with Crippen LogP contribution in [-0.2, 0) is 0 Å². The molecule has 1 aliphatic heterocycles. The zero-order valence-electron chi connectivity index (χ0n) is 11.2. The Hall–Kier alpha value is -1.76.